The molecule has 2 aromatic carbocycles. The van der Waals surface area contributed by atoms with E-state index in [0.29, 0.717) is 6.54 Å². The SMILES string of the molecule is COc1cccc(CCCNCc2cn(C)nc2-c2ccc([N+](=O)[O-])cc2)c1. The molecule has 28 heavy (non-hydrogen) atoms. The highest BCUT2D eigenvalue weighted by atomic mass is 16.6. The average Bonchev–Trinajstić information content (AvgIpc) is 3.08. The van der Waals surface area contributed by atoms with E-state index in [1.165, 1.54) is 17.7 Å². The van der Waals surface area contributed by atoms with Gasteiger partial charge in [0.05, 0.1) is 17.7 Å². The molecule has 146 valence electrons. The van der Waals surface area contributed by atoms with Gasteiger partial charge in [0, 0.05) is 43.0 Å². The minimum Gasteiger partial charge on any atom is -0.497 e. The van der Waals surface area contributed by atoms with Crippen LogP contribution in [-0.2, 0) is 20.0 Å². The standard InChI is InChI=1S/C21H24N4O3/c1-24-15-18(21(23-24)17-8-10-19(11-9-17)25(26)27)14-22-12-4-6-16-5-3-7-20(13-16)28-2/h3,5,7-11,13,15,22H,4,6,12,14H2,1-2H3. The number of methoxy groups -OCH3 is 1. The molecule has 0 unspecified atom stereocenters. The second-order valence-electron chi connectivity index (χ2n) is 6.61. The van der Waals surface area contributed by atoms with E-state index in [-0.39, 0.29) is 5.69 Å². The van der Waals surface area contributed by atoms with Crippen LogP contribution in [0.4, 0.5) is 5.69 Å². The third kappa shape index (κ3) is 4.95. The summed E-state index contributed by atoms with van der Waals surface area (Å²) < 4.78 is 7.02. The van der Waals surface area contributed by atoms with E-state index in [2.05, 4.69) is 22.5 Å². The number of nitrogens with one attached hydrogen (secondary N) is 1. The zero-order valence-electron chi connectivity index (χ0n) is 16.1. The Morgan fingerprint density at radius 1 is 1.21 bits per heavy atom. The van der Waals surface area contributed by atoms with Crippen LogP contribution in [0.15, 0.2) is 54.7 Å². The van der Waals surface area contributed by atoms with E-state index in [4.69, 9.17) is 4.74 Å². The second kappa shape index (κ2) is 9.14. The summed E-state index contributed by atoms with van der Waals surface area (Å²) in [7, 11) is 3.55. The molecule has 0 saturated carbocycles. The van der Waals surface area contributed by atoms with Crippen molar-refractivity contribution in [2.45, 2.75) is 19.4 Å². The van der Waals surface area contributed by atoms with Gasteiger partial charge in [-0.15, -0.1) is 0 Å². The van der Waals surface area contributed by atoms with Gasteiger partial charge in [-0.1, -0.05) is 12.1 Å². The lowest BCUT2D eigenvalue weighted by atomic mass is 10.1. The molecule has 0 aliphatic heterocycles. The number of hydrogen-bond donors (Lipinski definition) is 1. The Balaban J connectivity index is 1.55. The number of rotatable bonds is 9. The van der Waals surface area contributed by atoms with Crippen LogP contribution in [0, 0.1) is 10.1 Å². The Kier molecular flexibility index (Phi) is 6.39. The lowest BCUT2D eigenvalue weighted by Gasteiger charge is -2.07. The van der Waals surface area contributed by atoms with Crippen molar-refractivity contribution in [1.29, 1.82) is 0 Å². The van der Waals surface area contributed by atoms with Crippen LogP contribution in [0.1, 0.15) is 17.5 Å². The van der Waals surface area contributed by atoms with Crippen LogP contribution in [0.5, 0.6) is 5.75 Å². The van der Waals surface area contributed by atoms with Crippen molar-refractivity contribution in [2.24, 2.45) is 7.05 Å². The molecule has 1 heterocycles. The topological polar surface area (TPSA) is 82.2 Å². The molecule has 3 aromatic rings. The number of non-ortho nitro benzene ring substituents is 1. The van der Waals surface area contributed by atoms with E-state index < -0.39 is 4.92 Å². The molecule has 0 aliphatic carbocycles. The highest BCUT2D eigenvalue weighted by Gasteiger charge is 2.12. The number of aryl methyl sites for hydroxylation is 2. The third-order valence-corrected chi connectivity index (χ3v) is 4.52. The Labute approximate surface area is 164 Å². The highest BCUT2D eigenvalue weighted by molar-refractivity contribution is 5.64. The quantitative estimate of drug-likeness (QED) is 0.347. The van der Waals surface area contributed by atoms with E-state index in [9.17, 15) is 10.1 Å². The van der Waals surface area contributed by atoms with Crippen LogP contribution in [0.2, 0.25) is 0 Å². The molecule has 0 bridgehead atoms. The lowest BCUT2D eigenvalue weighted by Crippen LogP contribution is -2.15. The molecule has 3 rings (SSSR count). The maximum atomic E-state index is 10.8. The lowest BCUT2D eigenvalue weighted by molar-refractivity contribution is -0.384. The number of benzene rings is 2. The minimum atomic E-state index is -0.396. The summed E-state index contributed by atoms with van der Waals surface area (Å²) >= 11 is 0. The van der Waals surface area contributed by atoms with Crippen LogP contribution in [-0.4, -0.2) is 28.4 Å². The van der Waals surface area contributed by atoms with Gasteiger partial charge in [0.25, 0.3) is 5.69 Å². The van der Waals surface area contributed by atoms with Crippen molar-refractivity contribution < 1.29 is 9.66 Å². The van der Waals surface area contributed by atoms with Crippen molar-refractivity contribution in [1.82, 2.24) is 15.1 Å². The first-order valence-electron chi connectivity index (χ1n) is 9.18. The molecule has 1 aromatic heterocycles. The monoisotopic (exact) mass is 380 g/mol. The van der Waals surface area contributed by atoms with Crippen LogP contribution < -0.4 is 10.1 Å². The number of hydrogen-bond acceptors (Lipinski definition) is 5. The molecular weight excluding hydrogens is 356 g/mol. The fourth-order valence-electron chi connectivity index (χ4n) is 3.12. The molecule has 0 fully saturated rings. The summed E-state index contributed by atoms with van der Waals surface area (Å²) in [6.45, 7) is 1.57. The van der Waals surface area contributed by atoms with Gasteiger partial charge in [-0.05, 0) is 49.2 Å². The maximum absolute atomic E-state index is 10.8. The van der Waals surface area contributed by atoms with Crippen molar-refractivity contribution in [2.75, 3.05) is 13.7 Å². The van der Waals surface area contributed by atoms with E-state index in [1.807, 2.05) is 25.4 Å². The summed E-state index contributed by atoms with van der Waals surface area (Å²) in [4.78, 5) is 10.4. The molecule has 0 aliphatic rings. The zero-order chi connectivity index (χ0) is 19.9. The molecule has 0 saturated heterocycles. The van der Waals surface area contributed by atoms with Crippen LogP contribution >= 0.6 is 0 Å². The van der Waals surface area contributed by atoms with Gasteiger partial charge in [0.15, 0.2) is 0 Å². The Bertz CT molecular complexity index is 935. The minimum absolute atomic E-state index is 0.0805. The second-order valence-corrected chi connectivity index (χ2v) is 6.61. The maximum Gasteiger partial charge on any atom is 0.269 e. The van der Waals surface area contributed by atoms with E-state index in [0.717, 1.165) is 42.0 Å². The summed E-state index contributed by atoms with van der Waals surface area (Å²) in [6, 6.07) is 14.6. The number of aromatic nitrogens is 2. The first-order chi connectivity index (χ1) is 13.6. The van der Waals surface area contributed by atoms with Crippen molar-refractivity contribution in [3.63, 3.8) is 0 Å². The van der Waals surface area contributed by atoms with Crippen LogP contribution in [0.3, 0.4) is 0 Å². The summed E-state index contributed by atoms with van der Waals surface area (Å²) in [5.41, 5.74) is 4.13. The average molecular weight is 380 g/mol. The molecule has 7 nitrogen and oxygen atoms in total. The predicted molar refractivity (Wildman–Crippen MR) is 108 cm³/mol. The predicted octanol–water partition coefficient (Wildman–Crippen LogP) is 3.73. The largest absolute Gasteiger partial charge is 0.497 e. The molecule has 0 atom stereocenters. The van der Waals surface area contributed by atoms with Crippen molar-refractivity contribution >= 4 is 5.69 Å². The van der Waals surface area contributed by atoms with Crippen molar-refractivity contribution in [3.8, 4) is 17.0 Å². The van der Waals surface area contributed by atoms with Gasteiger partial charge in [-0.25, -0.2) is 0 Å². The zero-order valence-corrected chi connectivity index (χ0v) is 16.1. The van der Waals surface area contributed by atoms with Gasteiger partial charge >= 0.3 is 0 Å². The smallest absolute Gasteiger partial charge is 0.269 e. The number of ether oxygens (including phenoxy) is 1. The van der Waals surface area contributed by atoms with Gasteiger partial charge in [-0.3, -0.25) is 14.8 Å². The Morgan fingerprint density at radius 2 is 2.00 bits per heavy atom. The van der Waals surface area contributed by atoms with Gasteiger partial charge in [0.2, 0.25) is 0 Å². The molecule has 7 heteroatoms. The molecule has 0 radical (unpaired) electrons. The molecule has 1 N–H and O–H groups in total. The highest BCUT2D eigenvalue weighted by Crippen LogP contribution is 2.24. The summed E-state index contributed by atoms with van der Waals surface area (Å²) in [6.07, 6.45) is 3.97. The van der Waals surface area contributed by atoms with E-state index in [1.54, 1.807) is 23.9 Å². The third-order valence-electron chi connectivity index (χ3n) is 4.52. The number of nitro groups is 1. The first kappa shape index (κ1) is 19.6. The fraction of sp³-hybridized carbons (Fsp3) is 0.286. The number of nitrogens with zero attached hydrogens (tertiary/aromatic N) is 3. The van der Waals surface area contributed by atoms with Crippen molar-refractivity contribution in [3.05, 3.63) is 76.0 Å². The van der Waals surface area contributed by atoms with Gasteiger partial charge in [0.1, 0.15) is 5.75 Å². The fourth-order valence-corrected chi connectivity index (χ4v) is 3.12. The molecule has 0 spiro atoms. The molecule has 0 amide bonds. The normalized spacial score (nSPS) is 10.8. The van der Waals surface area contributed by atoms with Gasteiger partial charge in [-0.2, -0.15) is 5.10 Å². The summed E-state index contributed by atoms with van der Waals surface area (Å²) in [5.74, 6) is 0.883. The first-order valence-corrected chi connectivity index (χ1v) is 9.18. The van der Waals surface area contributed by atoms with Gasteiger partial charge < -0.3 is 10.1 Å². The van der Waals surface area contributed by atoms with Crippen LogP contribution in [0.25, 0.3) is 11.3 Å². The Morgan fingerprint density at radius 3 is 2.71 bits per heavy atom. The molecular formula is C21H24N4O3. The summed E-state index contributed by atoms with van der Waals surface area (Å²) in [5, 5.41) is 18.8. The number of nitro benzene ring substituents is 1. The Hall–Kier alpha value is -3.19. The van der Waals surface area contributed by atoms with E-state index >= 15 is 0 Å².